The molecule has 1 atom stereocenters. The van der Waals surface area contributed by atoms with E-state index in [1.54, 1.807) is 11.6 Å². The highest BCUT2D eigenvalue weighted by atomic mass is 32.2. The predicted molar refractivity (Wildman–Crippen MR) is 64.8 cm³/mol. The van der Waals surface area contributed by atoms with E-state index < -0.39 is 10.8 Å². The first-order valence-electron chi connectivity index (χ1n) is 5.32. The standard InChI is InChI=1S/C12H11NO3S/c14-11(15)12(13-4-6-17-12)9-1-2-10-8(7-9)3-5-16-10/h1-2,4,6-7,13H,3,5H2,(H,14,15). The number of rotatable bonds is 2. The Morgan fingerprint density at radius 2 is 2.41 bits per heavy atom. The maximum Gasteiger partial charge on any atom is 0.345 e. The third-order valence-electron chi connectivity index (χ3n) is 3.00. The van der Waals surface area contributed by atoms with Crippen LogP contribution in [0.15, 0.2) is 29.8 Å². The molecule has 0 radical (unpaired) electrons. The van der Waals surface area contributed by atoms with Gasteiger partial charge in [-0.05, 0) is 28.7 Å². The van der Waals surface area contributed by atoms with Gasteiger partial charge in [-0.25, -0.2) is 4.79 Å². The Kier molecular flexibility index (Phi) is 2.29. The van der Waals surface area contributed by atoms with Gasteiger partial charge >= 0.3 is 5.97 Å². The number of carboxylic acids is 1. The van der Waals surface area contributed by atoms with Crippen molar-refractivity contribution in [2.24, 2.45) is 0 Å². The zero-order chi connectivity index (χ0) is 11.9. The second-order valence-electron chi connectivity index (χ2n) is 3.97. The first-order chi connectivity index (χ1) is 8.22. The third kappa shape index (κ3) is 1.50. The maximum atomic E-state index is 11.5. The molecule has 0 saturated heterocycles. The van der Waals surface area contributed by atoms with Gasteiger partial charge in [0, 0.05) is 12.6 Å². The molecule has 17 heavy (non-hydrogen) atoms. The normalized spacial score (nSPS) is 25.2. The smallest absolute Gasteiger partial charge is 0.345 e. The van der Waals surface area contributed by atoms with Crippen LogP contribution in [0.2, 0.25) is 0 Å². The molecule has 4 nitrogen and oxygen atoms in total. The summed E-state index contributed by atoms with van der Waals surface area (Å²) in [7, 11) is 0. The lowest BCUT2D eigenvalue weighted by atomic mass is 10.0. The number of hydrogen-bond acceptors (Lipinski definition) is 4. The number of carbonyl (C=O) groups is 1. The van der Waals surface area contributed by atoms with E-state index in [9.17, 15) is 9.90 Å². The highest BCUT2D eigenvalue weighted by molar-refractivity contribution is 8.03. The minimum Gasteiger partial charge on any atom is -0.493 e. The molecule has 5 heteroatoms. The van der Waals surface area contributed by atoms with Crippen LogP contribution in [0.4, 0.5) is 0 Å². The zero-order valence-corrected chi connectivity index (χ0v) is 9.79. The molecule has 2 heterocycles. The van der Waals surface area contributed by atoms with Gasteiger partial charge in [0.25, 0.3) is 0 Å². The van der Waals surface area contributed by atoms with E-state index in [-0.39, 0.29) is 0 Å². The second-order valence-corrected chi connectivity index (χ2v) is 5.09. The first-order valence-corrected chi connectivity index (χ1v) is 6.20. The highest BCUT2D eigenvalue weighted by Crippen LogP contribution is 2.40. The number of nitrogens with one attached hydrogen (secondary N) is 1. The van der Waals surface area contributed by atoms with Gasteiger partial charge in [0.05, 0.1) is 6.61 Å². The molecular weight excluding hydrogens is 238 g/mol. The molecule has 1 unspecified atom stereocenters. The van der Waals surface area contributed by atoms with Crippen molar-refractivity contribution < 1.29 is 14.6 Å². The fourth-order valence-corrected chi connectivity index (χ4v) is 2.95. The van der Waals surface area contributed by atoms with Crippen molar-refractivity contribution in [2.75, 3.05) is 6.61 Å². The number of fused-ring (bicyclic) bond motifs is 1. The Hall–Kier alpha value is -1.62. The molecule has 0 aliphatic carbocycles. The molecule has 2 aliphatic rings. The topological polar surface area (TPSA) is 58.6 Å². The number of benzene rings is 1. The molecule has 0 spiro atoms. The summed E-state index contributed by atoms with van der Waals surface area (Å²) in [5.41, 5.74) is 1.83. The van der Waals surface area contributed by atoms with Crippen LogP contribution < -0.4 is 10.1 Å². The number of ether oxygens (including phenoxy) is 1. The van der Waals surface area contributed by atoms with Gasteiger partial charge in [-0.1, -0.05) is 17.8 Å². The quantitative estimate of drug-likeness (QED) is 0.835. The molecule has 0 aromatic heterocycles. The molecule has 1 aromatic carbocycles. The molecule has 0 amide bonds. The predicted octanol–water partition coefficient (Wildman–Crippen LogP) is 1.67. The Morgan fingerprint density at radius 3 is 3.12 bits per heavy atom. The highest BCUT2D eigenvalue weighted by Gasteiger charge is 2.42. The van der Waals surface area contributed by atoms with E-state index in [0.717, 1.165) is 23.3 Å². The maximum absolute atomic E-state index is 11.5. The van der Waals surface area contributed by atoms with Crippen LogP contribution in [0.5, 0.6) is 5.75 Å². The lowest BCUT2D eigenvalue weighted by Crippen LogP contribution is -2.41. The molecule has 88 valence electrons. The van der Waals surface area contributed by atoms with Crippen LogP contribution in [0, 0.1) is 0 Å². The summed E-state index contributed by atoms with van der Waals surface area (Å²) in [6.45, 7) is 0.678. The SMILES string of the molecule is O=C(O)C1(c2ccc3c(c2)CCO3)NC=CS1. The summed E-state index contributed by atoms with van der Waals surface area (Å²) in [4.78, 5) is 10.4. The monoisotopic (exact) mass is 249 g/mol. The Labute approximate surface area is 103 Å². The lowest BCUT2D eigenvalue weighted by Gasteiger charge is -2.24. The second kappa shape index (κ2) is 3.70. The van der Waals surface area contributed by atoms with Crippen molar-refractivity contribution in [2.45, 2.75) is 11.3 Å². The van der Waals surface area contributed by atoms with Crippen LogP contribution in [-0.2, 0) is 16.1 Å². The first kappa shape index (κ1) is 10.5. The van der Waals surface area contributed by atoms with Crippen LogP contribution >= 0.6 is 11.8 Å². The van der Waals surface area contributed by atoms with E-state index in [0.29, 0.717) is 6.61 Å². The van der Waals surface area contributed by atoms with Gasteiger partial charge in [-0.2, -0.15) is 0 Å². The summed E-state index contributed by atoms with van der Waals surface area (Å²) >= 11 is 1.26. The Balaban J connectivity index is 2.05. The number of hydrogen-bond donors (Lipinski definition) is 2. The minimum absolute atomic E-state index is 0.678. The van der Waals surface area contributed by atoms with Crippen LogP contribution in [0.25, 0.3) is 0 Å². The summed E-state index contributed by atoms with van der Waals surface area (Å²) in [6, 6.07) is 5.58. The Morgan fingerprint density at radius 1 is 1.53 bits per heavy atom. The summed E-state index contributed by atoms with van der Waals surface area (Å²) in [5, 5.41) is 14.1. The lowest BCUT2D eigenvalue weighted by molar-refractivity contribution is -0.140. The van der Waals surface area contributed by atoms with Gasteiger partial charge in [0.1, 0.15) is 5.75 Å². The van der Waals surface area contributed by atoms with E-state index >= 15 is 0 Å². The van der Waals surface area contributed by atoms with Crippen LogP contribution in [0.1, 0.15) is 11.1 Å². The van der Waals surface area contributed by atoms with E-state index in [1.807, 2.05) is 18.2 Å². The molecule has 2 aliphatic heterocycles. The van der Waals surface area contributed by atoms with Gasteiger partial charge in [-0.15, -0.1) is 0 Å². The number of aliphatic carboxylic acids is 1. The van der Waals surface area contributed by atoms with Crippen molar-refractivity contribution in [3.63, 3.8) is 0 Å². The van der Waals surface area contributed by atoms with Crippen molar-refractivity contribution in [3.8, 4) is 5.75 Å². The van der Waals surface area contributed by atoms with Crippen LogP contribution in [0.3, 0.4) is 0 Å². The summed E-state index contributed by atoms with van der Waals surface area (Å²) in [6.07, 6.45) is 2.51. The van der Waals surface area contributed by atoms with Gasteiger partial charge in [0.15, 0.2) is 0 Å². The van der Waals surface area contributed by atoms with Crippen LogP contribution in [-0.4, -0.2) is 17.7 Å². The molecule has 1 aromatic rings. The molecule has 3 rings (SSSR count). The van der Waals surface area contributed by atoms with Crippen molar-refractivity contribution >= 4 is 17.7 Å². The summed E-state index contributed by atoms with van der Waals surface area (Å²) < 4.78 is 5.42. The van der Waals surface area contributed by atoms with E-state index in [4.69, 9.17) is 4.74 Å². The van der Waals surface area contributed by atoms with Crippen molar-refractivity contribution in [1.29, 1.82) is 0 Å². The third-order valence-corrected chi connectivity index (χ3v) is 4.15. The molecular formula is C12H11NO3S. The Bertz CT molecular complexity index is 504. The fourth-order valence-electron chi connectivity index (χ4n) is 2.11. The molecule has 0 saturated carbocycles. The molecule has 0 bridgehead atoms. The average Bonchev–Trinajstić information content (AvgIpc) is 2.97. The van der Waals surface area contributed by atoms with Gasteiger partial charge < -0.3 is 15.2 Å². The molecule has 2 N–H and O–H groups in total. The number of thioether (sulfide) groups is 1. The van der Waals surface area contributed by atoms with Crippen molar-refractivity contribution in [1.82, 2.24) is 5.32 Å². The van der Waals surface area contributed by atoms with Gasteiger partial charge in [0.2, 0.25) is 4.87 Å². The average molecular weight is 249 g/mol. The minimum atomic E-state index is -1.09. The molecule has 0 fully saturated rings. The van der Waals surface area contributed by atoms with Gasteiger partial charge in [-0.3, -0.25) is 0 Å². The number of carboxylic acid groups (broad SMARTS) is 1. The largest absolute Gasteiger partial charge is 0.493 e. The summed E-state index contributed by atoms with van der Waals surface area (Å²) in [5.74, 6) is -0.0170. The van der Waals surface area contributed by atoms with E-state index in [1.165, 1.54) is 11.8 Å². The van der Waals surface area contributed by atoms with E-state index in [2.05, 4.69) is 5.32 Å². The van der Waals surface area contributed by atoms with Crippen molar-refractivity contribution in [3.05, 3.63) is 40.9 Å². The zero-order valence-electron chi connectivity index (χ0n) is 8.97. The fraction of sp³-hybridized carbons (Fsp3) is 0.250.